The number of fused-ring (bicyclic) bond motifs is 1. The summed E-state index contributed by atoms with van der Waals surface area (Å²) >= 11 is 6.68. The van der Waals surface area contributed by atoms with Crippen molar-refractivity contribution in [1.29, 1.82) is 0 Å². The van der Waals surface area contributed by atoms with Crippen LogP contribution < -0.4 is 5.32 Å². The van der Waals surface area contributed by atoms with Crippen LogP contribution in [0.3, 0.4) is 0 Å². The lowest BCUT2D eigenvalue weighted by Crippen LogP contribution is -2.39. The average Bonchev–Trinajstić information content (AvgIpc) is 3.41. The van der Waals surface area contributed by atoms with Crippen molar-refractivity contribution >= 4 is 29.3 Å². The molecule has 2 aromatic rings. The lowest BCUT2D eigenvalue weighted by molar-refractivity contribution is -0.134. The Labute approximate surface area is 174 Å². The highest BCUT2D eigenvalue weighted by Gasteiger charge is 2.51. The molecule has 3 aliphatic rings. The summed E-state index contributed by atoms with van der Waals surface area (Å²) in [6.07, 6.45) is 1.86. The van der Waals surface area contributed by atoms with E-state index in [-0.39, 0.29) is 17.7 Å². The van der Waals surface area contributed by atoms with Crippen molar-refractivity contribution < 1.29 is 14.4 Å². The van der Waals surface area contributed by atoms with Crippen molar-refractivity contribution in [3.8, 4) is 11.1 Å². The number of hydrogen-bond acceptors (Lipinski definition) is 3. The monoisotopic (exact) mass is 408 g/mol. The van der Waals surface area contributed by atoms with Crippen LogP contribution in [0.5, 0.6) is 0 Å². The summed E-state index contributed by atoms with van der Waals surface area (Å²) in [5, 5.41) is 2.94. The van der Waals surface area contributed by atoms with Gasteiger partial charge < -0.3 is 4.90 Å². The number of nitrogens with zero attached hydrogens (tertiary/aromatic N) is 1. The SMILES string of the molecule is O=C1CCC(c2cccc(-c3ccc(CN4CC5CC5C4=O)cc3)c2Cl)C(=O)N1. The second-order valence-electron chi connectivity index (χ2n) is 8.23. The van der Waals surface area contributed by atoms with Crippen LogP contribution in [0.25, 0.3) is 11.1 Å². The molecule has 2 saturated heterocycles. The largest absolute Gasteiger partial charge is 0.338 e. The summed E-state index contributed by atoms with van der Waals surface area (Å²) in [4.78, 5) is 37.8. The second-order valence-corrected chi connectivity index (χ2v) is 8.61. The second kappa shape index (κ2) is 6.99. The Hall–Kier alpha value is -2.66. The Bertz CT molecular complexity index is 1020. The number of nitrogens with one attached hydrogen (secondary N) is 1. The van der Waals surface area contributed by atoms with Crippen molar-refractivity contribution in [2.45, 2.75) is 31.7 Å². The normalized spacial score (nSPS) is 25.8. The first-order valence-electron chi connectivity index (χ1n) is 10.0. The summed E-state index contributed by atoms with van der Waals surface area (Å²) in [5.74, 6) is 0.219. The maximum Gasteiger partial charge on any atom is 0.234 e. The quantitative estimate of drug-likeness (QED) is 0.787. The van der Waals surface area contributed by atoms with Crippen molar-refractivity contribution in [2.24, 2.45) is 11.8 Å². The molecule has 6 heteroatoms. The minimum atomic E-state index is -0.410. The Morgan fingerprint density at radius 2 is 1.86 bits per heavy atom. The van der Waals surface area contributed by atoms with E-state index in [9.17, 15) is 14.4 Å². The lowest BCUT2D eigenvalue weighted by atomic mass is 9.88. The molecule has 3 amide bonds. The third kappa shape index (κ3) is 3.33. The van der Waals surface area contributed by atoms with Crippen LogP contribution in [0, 0.1) is 11.8 Å². The minimum absolute atomic E-state index is 0.233. The van der Waals surface area contributed by atoms with Gasteiger partial charge in [-0.3, -0.25) is 19.7 Å². The number of carbonyl (C=O) groups excluding carboxylic acids is 3. The first-order chi connectivity index (χ1) is 14.0. The summed E-state index contributed by atoms with van der Waals surface area (Å²) in [6, 6.07) is 13.7. The lowest BCUT2D eigenvalue weighted by Gasteiger charge is -2.23. The van der Waals surface area contributed by atoms with Gasteiger partial charge in [0.05, 0.1) is 10.9 Å². The van der Waals surface area contributed by atoms with E-state index in [1.807, 2.05) is 47.4 Å². The van der Waals surface area contributed by atoms with Crippen molar-refractivity contribution in [1.82, 2.24) is 10.2 Å². The molecule has 0 bridgehead atoms. The fourth-order valence-corrected chi connectivity index (χ4v) is 4.91. The zero-order chi connectivity index (χ0) is 20.1. The minimum Gasteiger partial charge on any atom is -0.338 e. The van der Waals surface area contributed by atoms with Crippen LogP contribution in [0.1, 0.15) is 36.3 Å². The molecule has 1 saturated carbocycles. The molecular formula is C23H21ClN2O3. The van der Waals surface area contributed by atoms with Gasteiger partial charge in [-0.25, -0.2) is 0 Å². The van der Waals surface area contributed by atoms with E-state index in [1.54, 1.807) is 0 Å². The predicted octanol–water partition coefficient (Wildman–Crippen LogP) is 3.51. The summed E-state index contributed by atoms with van der Waals surface area (Å²) in [6.45, 7) is 1.53. The highest BCUT2D eigenvalue weighted by atomic mass is 35.5. The van der Waals surface area contributed by atoms with Gasteiger partial charge in [0, 0.05) is 31.0 Å². The first-order valence-corrected chi connectivity index (χ1v) is 10.4. The molecule has 3 unspecified atom stereocenters. The van der Waals surface area contributed by atoms with Gasteiger partial charge in [0.25, 0.3) is 0 Å². The standard InChI is InChI=1S/C23H21ClN2O3/c24-21-16(2-1-3-17(21)18-8-9-20(27)25-22(18)28)14-6-4-13(5-7-14)11-26-12-15-10-19(15)23(26)29/h1-7,15,18-19H,8-12H2,(H,25,27,28). The number of amides is 3. The van der Waals surface area contributed by atoms with E-state index in [2.05, 4.69) is 5.32 Å². The van der Waals surface area contributed by atoms with Crippen LogP contribution >= 0.6 is 11.6 Å². The molecule has 3 fully saturated rings. The molecule has 2 aliphatic heterocycles. The molecule has 2 aromatic carbocycles. The zero-order valence-corrected chi connectivity index (χ0v) is 16.6. The number of carbonyl (C=O) groups is 3. The topological polar surface area (TPSA) is 66.5 Å². The highest BCUT2D eigenvalue weighted by molar-refractivity contribution is 6.34. The van der Waals surface area contributed by atoms with Crippen LogP contribution in [-0.4, -0.2) is 29.2 Å². The van der Waals surface area contributed by atoms with Crippen LogP contribution in [0.15, 0.2) is 42.5 Å². The molecule has 1 aliphatic carbocycles. The molecular weight excluding hydrogens is 388 g/mol. The first kappa shape index (κ1) is 18.4. The van der Waals surface area contributed by atoms with E-state index >= 15 is 0 Å². The van der Waals surface area contributed by atoms with Crippen LogP contribution in [-0.2, 0) is 20.9 Å². The molecule has 1 N–H and O–H groups in total. The van der Waals surface area contributed by atoms with Gasteiger partial charge in [-0.05, 0) is 35.4 Å². The van der Waals surface area contributed by atoms with E-state index in [0.29, 0.717) is 36.2 Å². The summed E-state index contributed by atoms with van der Waals surface area (Å²) < 4.78 is 0. The fraction of sp³-hybridized carbons (Fsp3) is 0.348. The smallest absolute Gasteiger partial charge is 0.234 e. The van der Waals surface area contributed by atoms with Gasteiger partial charge in [-0.1, -0.05) is 54.1 Å². The summed E-state index contributed by atoms with van der Waals surface area (Å²) in [7, 11) is 0. The molecule has 5 rings (SSSR count). The molecule has 0 radical (unpaired) electrons. The molecule has 0 spiro atoms. The van der Waals surface area contributed by atoms with Crippen molar-refractivity contribution in [3.63, 3.8) is 0 Å². The maximum atomic E-state index is 12.2. The maximum absolute atomic E-state index is 12.2. The third-order valence-corrected chi connectivity index (χ3v) is 6.71. The highest BCUT2D eigenvalue weighted by Crippen LogP contribution is 2.46. The molecule has 3 atom stereocenters. The van der Waals surface area contributed by atoms with Gasteiger partial charge in [-0.15, -0.1) is 0 Å². The molecule has 148 valence electrons. The Morgan fingerprint density at radius 3 is 2.55 bits per heavy atom. The van der Waals surface area contributed by atoms with E-state index < -0.39 is 5.92 Å². The van der Waals surface area contributed by atoms with Gasteiger partial charge in [0.15, 0.2) is 0 Å². The van der Waals surface area contributed by atoms with Gasteiger partial charge >= 0.3 is 0 Å². The van der Waals surface area contributed by atoms with E-state index in [1.165, 1.54) is 0 Å². The Kier molecular flexibility index (Phi) is 4.43. The summed E-state index contributed by atoms with van der Waals surface area (Å²) in [5.41, 5.74) is 3.67. The average molecular weight is 409 g/mol. The van der Waals surface area contributed by atoms with Crippen LogP contribution in [0.2, 0.25) is 5.02 Å². The van der Waals surface area contributed by atoms with Gasteiger partial charge in [0.2, 0.25) is 17.7 Å². The number of likely N-dealkylation sites (tertiary alicyclic amines) is 1. The van der Waals surface area contributed by atoms with Crippen molar-refractivity contribution in [2.75, 3.05) is 6.54 Å². The molecule has 0 aromatic heterocycles. The Balaban J connectivity index is 1.36. The Morgan fingerprint density at radius 1 is 1.07 bits per heavy atom. The van der Waals surface area contributed by atoms with Gasteiger partial charge in [0.1, 0.15) is 0 Å². The van der Waals surface area contributed by atoms with E-state index in [4.69, 9.17) is 11.6 Å². The third-order valence-electron chi connectivity index (χ3n) is 6.29. The van der Waals surface area contributed by atoms with Crippen molar-refractivity contribution in [3.05, 3.63) is 58.6 Å². The predicted molar refractivity (Wildman–Crippen MR) is 109 cm³/mol. The number of piperidine rings is 2. The number of benzene rings is 2. The molecule has 5 nitrogen and oxygen atoms in total. The van der Waals surface area contributed by atoms with Crippen LogP contribution in [0.4, 0.5) is 0 Å². The molecule has 2 heterocycles. The van der Waals surface area contributed by atoms with Gasteiger partial charge in [-0.2, -0.15) is 0 Å². The van der Waals surface area contributed by atoms with E-state index in [0.717, 1.165) is 35.2 Å². The number of rotatable bonds is 4. The molecule has 29 heavy (non-hydrogen) atoms. The number of hydrogen-bond donors (Lipinski definition) is 1. The number of imide groups is 1. The fourth-order valence-electron chi connectivity index (χ4n) is 4.54. The number of halogens is 1. The zero-order valence-electron chi connectivity index (χ0n) is 15.9.